The molecule has 0 aliphatic heterocycles. The number of benzene rings is 1. The van der Waals surface area contributed by atoms with Gasteiger partial charge in [-0.25, -0.2) is 9.97 Å². The first-order valence-corrected chi connectivity index (χ1v) is 8.09. The van der Waals surface area contributed by atoms with Gasteiger partial charge in [-0.05, 0) is 37.3 Å². The molecule has 7 heteroatoms. The number of hydrogen-bond donors (Lipinski definition) is 2. The van der Waals surface area contributed by atoms with Gasteiger partial charge in [-0.15, -0.1) is 0 Å². The van der Waals surface area contributed by atoms with Crippen molar-refractivity contribution < 1.29 is 9.53 Å². The third kappa shape index (κ3) is 4.32. The molecule has 3 rings (SSSR count). The zero-order valence-corrected chi connectivity index (χ0v) is 14.6. The normalized spacial score (nSPS) is 10.2. The third-order valence-corrected chi connectivity index (χ3v) is 3.60. The van der Waals surface area contributed by atoms with Crippen LogP contribution < -0.4 is 15.4 Å². The second-order valence-electron chi connectivity index (χ2n) is 5.55. The minimum absolute atomic E-state index is 0.270. The first-order chi connectivity index (χ1) is 12.7. The molecular weight excluding hydrogens is 330 g/mol. The molecule has 0 bridgehead atoms. The van der Waals surface area contributed by atoms with Crippen LogP contribution in [0.3, 0.4) is 0 Å². The molecule has 1 amide bonds. The molecule has 1 aromatic carbocycles. The highest BCUT2D eigenvalue weighted by molar-refractivity contribution is 6.03. The molecule has 3 aromatic rings. The van der Waals surface area contributed by atoms with Gasteiger partial charge in [0.15, 0.2) is 0 Å². The molecule has 0 radical (unpaired) electrons. The van der Waals surface area contributed by atoms with Crippen LogP contribution in [-0.2, 0) is 6.54 Å². The van der Waals surface area contributed by atoms with Gasteiger partial charge in [0, 0.05) is 11.9 Å². The summed E-state index contributed by atoms with van der Waals surface area (Å²) < 4.78 is 5.25. The monoisotopic (exact) mass is 349 g/mol. The van der Waals surface area contributed by atoms with Crippen molar-refractivity contribution >= 4 is 17.5 Å². The minimum atomic E-state index is -0.333. The Morgan fingerprint density at radius 2 is 1.92 bits per heavy atom. The molecule has 132 valence electrons. The summed E-state index contributed by atoms with van der Waals surface area (Å²) in [6.07, 6.45) is 1.72. The van der Waals surface area contributed by atoms with Crippen molar-refractivity contribution in [1.29, 1.82) is 0 Å². The van der Waals surface area contributed by atoms with Crippen LogP contribution in [-0.4, -0.2) is 28.0 Å². The van der Waals surface area contributed by atoms with E-state index in [-0.39, 0.29) is 11.6 Å². The summed E-state index contributed by atoms with van der Waals surface area (Å²) in [5, 5.41) is 5.91. The number of hydrogen-bond acceptors (Lipinski definition) is 6. The van der Waals surface area contributed by atoms with E-state index in [1.165, 1.54) is 0 Å². The SMILES string of the molecule is COc1ccccc1NC(=O)c1cc(C)nc(NCc2ccccn2)n1. The average Bonchev–Trinajstić information content (AvgIpc) is 2.67. The second-order valence-corrected chi connectivity index (χ2v) is 5.55. The van der Waals surface area contributed by atoms with E-state index < -0.39 is 0 Å². The van der Waals surface area contributed by atoms with Gasteiger partial charge in [0.2, 0.25) is 5.95 Å². The number of para-hydroxylation sites is 2. The molecule has 0 aliphatic carbocycles. The highest BCUT2D eigenvalue weighted by atomic mass is 16.5. The predicted molar refractivity (Wildman–Crippen MR) is 99.3 cm³/mol. The van der Waals surface area contributed by atoms with Crippen molar-refractivity contribution in [2.75, 3.05) is 17.7 Å². The van der Waals surface area contributed by atoms with E-state index in [0.717, 1.165) is 5.69 Å². The molecule has 0 fully saturated rings. The van der Waals surface area contributed by atoms with Gasteiger partial charge in [0.1, 0.15) is 11.4 Å². The van der Waals surface area contributed by atoms with Gasteiger partial charge >= 0.3 is 0 Å². The van der Waals surface area contributed by atoms with Crippen LogP contribution in [0.5, 0.6) is 5.75 Å². The smallest absolute Gasteiger partial charge is 0.274 e. The molecule has 2 aromatic heterocycles. The Bertz CT molecular complexity index is 899. The number of rotatable bonds is 6. The van der Waals surface area contributed by atoms with Gasteiger partial charge in [0.25, 0.3) is 5.91 Å². The lowest BCUT2D eigenvalue weighted by atomic mass is 10.2. The number of amides is 1. The van der Waals surface area contributed by atoms with Gasteiger partial charge in [-0.3, -0.25) is 9.78 Å². The van der Waals surface area contributed by atoms with E-state index in [9.17, 15) is 4.79 Å². The summed E-state index contributed by atoms with van der Waals surface area (Å²) in [7, 11) is 1.56. The second kappa shape index (κ2) is 8.06. The van der Waals surface area contributed by atoms with E-state index in [2.05, 4.69) is 25.6 Å². The molecular formula is C19H19N5O2. The van der Waals surface area contributed by atoms with Crippen LogP contribution in [0, 0.1) is 6.92 Å². The predicted octanol–water partition coefficient (Wildman–Crippen LogP) is 3.05. The fourth-order valence-electron chi connectivity index (χ4n) is 2.37. The van der Waals surface area contributed by atoms with Crippen LogP contribution in [0.2, 0.25) is 0 Å². The van der Waals surface area contributed by atoms with Crippen molar-refractivity contribution in [3.8, 4) is 5.75 Å². The maximum absolute atomic E-state index is 12.6. The van der Waals surface area contributed by atoms with Gasteiger partial charge < -0.3 is 15.4 Å². The highest BCUT2D eigenvalue weighted by Gasteiger charge is 2.13. The summed E-state index contributed by atoms with van der Waals surface area (Å²) in [5.74, 6) is 0.627. The van der Waals surface area contributed by atoms with Crippen molar-refractivity contribution in [3.05, 3.63) is 71.8 Å². The standard InChI is InChI=1S/C19H19N5O2/c1-13-11-16(18(25)23-15-8-3-4-9-17(15)26-2)24-19(22-13)21-12-14-7-5-6-10-20-14/h3-11H,12H2,1-2H3,(H,23,25)(H,21,22,24). The van der Waals surface area contributed by atoms with Crippen LogP contribution in [0.15, 0.2) is 54.7 Å². The molecule has 2 N–H and O–H groups in total. The number of pyridine rings is 1. The summed E-state index contributed by atoms with van der Waals surface area (Å²) in [4.78, 5) is 25.4. The molecule has 0 spiro atoms. The first kappa shape index (κ1) is 17.3. The Morgan fingerprint density at radius 3 is 2.69 bits per heavy atom. The lowest BCUT2D eigenvalue weighted by Gasteiger charge is -2.11. The Kier molecular flexibility index (Phi) is 5.38. The third-order valence-electron chi connectivity index (χ3n) is 3.60. The summed E-state index contributed by atoms with van der Waals surface area (Å²) in [6, 6.07) is 14.5. The number of nitrogens with zero attached hydrogens (tertiary/aromatic N) is 3. The molecule has 26 heavy (non-hydrogen) atoms. The van der Waals surface area contributed by atoms with E-state index >= 15 is 0 Å². The lowest BCUT2D eigenvalue weighted by molar-refractivity contribution is 0.102. The maximum Gasteiger partial charge on any atom is 0.274 e. The quantitative estimate of drug-likeness (QED) is 0.711. The van der Waals surface area contributed by atoms with Gasteiger partial charge in [0.05, 0.1) is 25.0 Å². The number of carbonyl (C=O) groups excluding carboxylic acids is 1. The average molecular weight is 349 g/mol. The molecule has 0 saturated heterocycles. The molecule has 7 nitrogen and oxygen atoms in total. The topological polar surface area (TPSA) is 89.0 Å². The first-order valence-electron chi connectivity index (χ1n) is 8.09. The lowest BCUT2D eigenvalue weighted by Crippen LogP contribution is -2.16. The van der Waals surface area contributed by atoms with E-state index in [1.807, 2.05) is 37.3 Å². The van der Waals surface area contributed by atoms with Crippen LogP contribution in [0.25, 0.3) is 0 Å². The van der Waals surface area contributed by atoms with E-state index in [4.69, 9.17) is 4.74 Å². The van der Waals surface area contributed by atoms with Crippen LogP contribution >= 0.6 is 0 Å². The zero-order valence-electron chi connectivity index (χ0n) is 14.6. The number of aromatic nitrogens is 3. The van der Waals surface area contributed by atoms with Crippen molar-refractivity contribution in [2.24, 2.45) is 0 Å². The number of anilines is 2. The fraction of sp³-hybridized carbons (Fsp3) is 0.158. The number of aryl methyl sites for hydroxylation is 1. The molecule has 0 saturated carbocycles. The van der Waals surface area contributed by atoms with Gasteiger partial charge in [-0.2, -0.15) is 0 Å². The highest BCUT2D eigenvalue weighted by Crippen LogP contribution is 2.23. The van der Waals surface area contributed by atoms with Crippen molar-refractivity contribution in [2.45, 2.75) is 13.5 Å². The summed E-state index contributed by atoms with van der Waals surface area (Å²) in [5.41, 5.74) is 2.40. The fourth-order valence-corrected chi connectivity index (χ4v) is 2.37. The molecule has 0 unspecified atom stereocenters. The number of carbonyl (C=O) groups is 1. The zero-order chi connectivity index (χ0) is 18.4. The summed E-state index contributed by atoms with van der Waals surface area (Å²) in [6.45, 7) is 2.28. The minimum Gasteiger partial charge on any atom is -0.495 e. The number of nitrogens with one attached hydrogen (secondary N) is 2. The Balaban J connectivity index is 1.75. The largest absolute Gasteiger partial charge is 0.495 e. The summed E-state index contributed by atoms with van der Waals surface area (Å²) >= 11 is 0. The van der Waals surface area contributed by atoms with E-state index in [1.54, 1.807) is 31.5 Å². The van der Waals surface area contributed by atoms with Crippen molar-refractivity contribution in [1.82, 2.24) is 15.0 Å². The Morgan fingerprint density at radius 1 is 1.12 bits per heavy atom. The van der Waals surface area contributed by atoms with E-state index in [0.29, 0.717) is 29.6 Å². The van der Waals surface area contributed by atoms with Crippen LogP contribution in [0.1, 0.15) is 21.9 Å². The van der Waals surface area contributed by atoms with Gasteiger partial charge in [-0.1, -0.05) is 18.2 Å². The number of methoxy groups -OCH3 is 1. The Hall–Kier alpha value is -3.48. The maximum atomic E-state index is 12.6. The van der Waals surface area contributed by atoms with Crippen LogP contribution in [0.4, 0.5) is 11.6 Å². The number of ether oxygens (including phenoxy) is 1. The Labute approximate surface area is 151 Å². The molecule has 0 atom stereocenters. The molecule has 0 aliphatic rings. The van der Waals surface area contributed by atoms with Crippen molar-refractivity contribution in [3.63, 3.8) is 0 Å². The molecule has 2 heterocycles.